The lowest BCUT2D eigenvalue weighted by molar-refractivity contribution is -0.155. The van der Waals surface area contributed by atoms with Crippen molar-refractivity contribution < 1.29 is 14.0 Å². The standard InChI is InChI=1S/C36H38FN5O2/c1-24-8-4-5-9-28(24)22-40(25(2)43)23-31(18-29-20-38-35-11-7-6-10-32(29)35)42(26(3)44)41-16-14-27(15-17-41)34-21-39-36-13-12-30(37)19-33(34)36/h4-14,19-21,31,38-39H,15-18,22-23H2,1-3H3/t31-/m1/s1. The van der Waals surface area contributed by atoms with Crippen molar-refractivity contribution in [2.45, 2.75) is 46.2 Å². The maximum Gasteiger partial charge on any atom is 0.234 e. The predicted octanol–water partition coefficient (Wildman–Crippen LogP) is 6.61. The van der Waals surface area contributed by atoms with Crippen LogP contribution in [-0.4, -0.2) is 62.4 Å². The highest BCUT2D eigenvalue weighted by molar-refractivity contribution is 5.93. The Hall–Kier alpha value is -4.69. The molecule has 0 aliphatic carbocycles. The van der Waals surface area contributed by atoms with Crippen LogP contribution in [0, 0.1) is 12.7 Å². The molecule has 0 unspecified atom stereocenters. The lowest BCUT2D eigenvalue weighted by atomic mass is 9.99. The summed E-state index contributed by atoms with van der Waals surface area (Å²) in [5.74, 6) is -0.367. The first-order chi connectivity index (χ1) is 21.3. The van der Waals surface area contributed by atoms with Gasteiger partial charge in [-0.2, -0.15) is 0 Å². The highest BCUT2D eigenvalue weighted by Gasteiger charge is 2.32. The summed E-state index contributed by atoms with van der Waals surface area (Å²) < 4.78 is 14.1. The Labute approximate surface area is 256 Å². The van der Waals surface area contributed by atoms with Crippen molar-refractivity contribution >= 4 is 39.2 Å². The molecule has 44 heavy (non-hydrogen) atoms. The van der Waals surface area contributed by atoms with Gasteiger partial charge in [-0.15, -0.1) is 0 Å². The SMILES string of the molecule is CC(=O)N(Cc1ccccc1C)C[C@@H](Cc1c[nH]c2ccccc12)N(C(C)=O)N1CC=C(c2c[nH]c3ccc(F)cc23)CC1. The largest absolute Gasteiger partial charge is 0.361 e. The minimum Gasteiger partial charge on any atom is -0.361 e. The predicted molar refractivity (Wildman–Crippen MR) is 173 cm³/mol. The normalized spacial score (nSPS) is 14.5. The van der Waals surface area contributed by atoms with Gasteiger partial charge in [-0.1, -0.05) is 48.5 Å². The first-order valence-electron chi connectivity index (χ1n) is 15.1. The average Bonchev–Trinajstić information content (AvgIpc) is 3.62. The third-order valence-electron chi connectivity index (χ3n) is 8.78. The summed E-state index contributed by atoms with van der Waals surface area (Å²) in [4.78, 5) is 35.0. The molecule has 7 nitrogen and oxygen atoms in total. The van der Waals surface area contributed by atoms with E-state index in [0.29, 0.717) is 39.0 Å². The van der Waals surface area contributed by atoms with Crippen LogP contribution in [0.3, 0.4) is 0 Å². The fraction of sp³-hybridized carbons (Fsp3) is 0.278. The van der Waals surface area contributed by atoms with Gasteiger partial charge in [0.2, 0.25) is 11.8 Å². The van der Waals surface area contributed by atoms with E-state index in [1.807, 2.05) is 52.6 Å². The number of amides is 2. The van der Waals surface area contributed by atoms with E-state index in [1.54, 1.807) is 26.0 Å². The number of carbonyl (C=O) groups is 2. The second-order valence-corrected chi connectivity index (χ2v) is 11.7. The molecule has 1 atom stereocenters. The summed E-state index contributed by atoms with van der Waals surface area (Å²) in [5, 5.41) is 5.92. The lowest BCUT2D eigenvalue weighted by Crippen LogP contribution is -2.57. The maximum atomic E-state index is 14.1. The van der Waals surface area contributed by atoms with Crippen LogP contribution >= 0.6 is 0 Å². The van der Waals surface area contributed by atoms with Gasteiger partial charge in [-0.05, 0) is 66.3 Å². The first kappa shape index (κ1) is 29.4. The number of nitrogens with one attached hydrogen (secondary N) is 2. The van der Waals surface area contributed by atoms with E-state index in [1.165, 1.54) is 6.07 Å². The van der Waals surface area contributed by atoms with E-state index in [2.05, 4.69) is 46.2 Å². The molecule has 0 radical (unpaired) electrons. The molecule has 2 N–H and O–H groups in total. The molecule has 0 bridgehead atoms. The van der Waals surface area contributed by atoms with Crippen molar-refractivity contribution in [3.63, 3.8) is 0 Å². The molecular weight excluding hydrogens is 553 g/mol. The van der Waals surface area contributed by atoms with E-state index >= 15 is 0 Å². The van der Waals surface area contributed by atoms with Crippen molar-refractivity contribution in [1.82, 2.24) is 24.9 Å². The second kappa shape index (κ2) is 12.5. The van der Waals surface area contributed by atoms with Crippen LogP contribution in [0.1, 0.15) is 42.5 Å². The Kier molecular flexibility index (Phi) is 8.35. The number of benzene rings is 3. The Morgan fingerprint density at radius 1 is 0.909 bits per heavy atom. The van der Waals surface area contributed by atoms with E-state index in [-0.39, 0.29) is 23.7 Å². The Morgan fingerprint density at radius 3 is 2.41 bits per heavy atom. The summed E-state index contributed by atoms with van der Waals surface area (Å²) in [5.41, 5.74) is 7.37. The Bertz CT molecular complexity index is 1850. The second-order valence-electron chi connectivity index (χ2n) is 11.7. The molecule has 6 rings (SSSR count). The molecule has 226 valence electrons. The van der Waals surface area contributed by atoms with Crippen molar-refractivity contribution in [3.05, 3.63) is 113 Å². The molecule has 0 saturated carbocycles. The highest BCUT2D eigenvalue weighted by Crippen LogP contribution is 2.31. The van der Waals surface area contributed by atoms with Crippen molar-refractivity contribution in [2.75, 3.05) is 19.6 Å². The van der Waals surface area contributed by atoms with Crippen LogP contribution in [0.15, 0.2) is 85.2 Å². The monoisotopic (exact) mass is 591 g/mol. The number of H-pyrrole nitrogens is 2. The van der Waals surface area contributed by atoms with Gasteiger partial charge < -0.3 is 14.9 Å². The quantitative estimate of drug-likeness (QED) is 0.203. The molecule has 0 saturated heterocycles. The summed E-state index contributed by atoms with van der Waals surface area (Å²) in [6.07, 6.45) is 7.36. The van der Waals surface area contributed by atoms with E-state index in [4.69, 9.17) is 0 Å². The molecule has 2 aromatic heterocycles. The van der Waals surface area contributed by atoms with Crippen molar-refractivity contribution in [3.8, 4) is 0 Å². The number of rotatable bonds is 9. The number of fused-ring (bicyclic) bond motifs is 2. The number of aromatic nitrogens is 2. The van der Waals surface area contributed by atoms with Gasteiger partial charge in [0, 0.05) is 79.8 Å². The number of para-hydroxylation sites is 1. The molecule has 3 aromatic carbocycles. The topological polar surface area (TPSA) is 75.4 Å². The summed E-state index contributed by atoms with van der Waals surface area (Å²) in [6.45, 7) is 7.26. The Balaban J connectivity index is 1.32. The number of hydrazine groups is 1. The smallest absolute Gasteiger partial charge is 0.234 e. The zero-order valence-corrected chi connectivity index (χ0v) is 25.4. The number of carbonyl (C=O) groups excluding carboxylic acids is 2. The van der Waals surface area contributed by atoms with Gasteiger partial charge in [0.05, 0.1) is 6.04 Å². The number of aromatic amines is 2. The van der Waals surface area contributed by atoms with Gasteiger partial charge >= 0.3 is 0 Å². The summed E-state index contributed by atoms with van der Waals surface area (Å²) in [7, 11) is 0. The molecule has 0 spiro atoms. The van der Waals surface area contributed by atoms with Crippen LogP contribution in [-0.2, 0) is 22.6 Å². The number of hydrogen-bond donors (Lipinski definition) is 2. The van der Waals surface area contributed by atoms with Crippen LogP contribution in [0.4, 0.5) is 4.39 Å². The number of hydrogen-bond acceptors (Lipinski definition) is 3. The molecule has 5 aromatic rings. The average molecular weight is 592 g/mol. The fourth-order valence-electron chi connectivity index (χ4n) is 6.48. The van der Waals surface area contributed by atoms with Gasteiger partial charge in [0.15, 0.2) is 0 Å². The molecule has 1 aliphatic rings. The summed E-state index contributed by atoms with van der Waals surface area (Å²) >= 11 is 0. The first-order valence-corrected chi connectivity index (χ1v) is 15.1. The molecule has 2 amide bonds. The van der Waals surface area contributed by atoms with Crippen molar-refractivity contribution in [1.29, 1.82) is 0 Å². The highest BCUT2D eigenvalue weighted by atomic mass is 19.1. The van der Waals surface area contributed by atoms with Gasteiger partial charge in [0.1, 0.15) is 5.82 Å². The molecule has 8 heteroatoms. The third kappa shape index (κ3) is 6.03. The minimum absolute atomic E-state index is 0.0342. The van der Waals surface area contributed by atoms with E-state index in [9.17, 15) is 14.0 Å². The number of nitrogens with zero attached hydrogens (tertiary/aromatic N) is 3. The molecule has 3 heterocycles. The molecular formula is C36H38FN5O2. The van der Waals surface area contributed by atoms with Gasteiger partial charge in [0.25, 0.3) is 0 Å². The minimum atomic E-state index is -0.295. The van der Waals surface area contributed by atoms with Gasteiger partial charge in [-0.3, -0.25) is 14.6 Å². The Morgan fingerprint density at radius 2 is 1.66 bits per heavy atom. The van der Waals surface area contributed by atoms with Crippen molar-refractivity contribution in [2.24, 2.45) is 0 Å². The maximum absolute atomic E-state index is 14.1. The van der Waals surface area contributed by atoms with Crippen LogP contribution < -0.4 is 0 Å². The number of aryl methyl sites for hydroxylation is 1. The van der Waals surface area contributed by atoms with Crippen LogP contribution in [0.5, 0.6) is 0 Å². The summed E-state index contributed by atoms with van der Waals surface area (Å²) in [6, 6.07) is 20.7. The molecule has 1 aliphatic heterocycles. The number of halogens is 1. The van der Waals surface area contributed by atoms with Crippen LogP contribution in [0.25, 0.3) is 27.4 Å². The molecule has 0 fully saturated rings. The van der Waals surface area contributed by atoms with Gasteiger partial charge in [-0.25, -0.2) is 9.40 Å². The third-order valence-corrected chi connectivity index (χ3v) is 8.78. The lowest BCUT2D eigenvalue weighted by Gasteiger charge is -2.43. The zero-order chi connectivity index (χ0) is 30.8. The zero-order valence-electron chi connectivity index (χ0n) is 25.4. The van der Waals surface area contributed by atoms with E-state index in [0.717, 1.165) is 49.6 Å². The fourth-order valence-corrected chi connectivity index (χ4v) is 6.48. The van der Waals surface area contributed by atoms with E-state index < -0.39 is 0 Å². The van der Waals surface area contributed by atoms with Crippen LogP contribution in [0.2, 0.25) is 0 Å².